The van der Waals surface area contributed by atoms with Gasteiger partial charge < -0.3 is 73.7 Å². The molecule has 0 bridgehead atoms. The van der Waals surface area contributed by atoms with Crippen molar-refractivity contribution < 1.29 is 68.0 Å². The first-order valence-corrected chi connectivity index (χ1v) is 22.7. The molecule has 0 saturated carbocycles. The van der Waals surface area contributed by atoms with Crippen molar-refractivity contribution in [2.24, 2.45) is 22.4 Å². The standard InChI is InChI=1S/C46H60N12O14/c1-23(2)15-35(44(69)70)58-43(68)34(18-38(62)63)57-42(67)32(16-25-19-49-22-52-25)56-41(66)31(13-8-14-50-45(47)48)54-36(59)20-51-40(65)33(17-37(60)61)55-39(64)24(3)53-46(71)72-21-30-28-11-6-4-9-26(28)27-10-5-7-12-29(27)30/h4-7,9-12,19,22-24,30-35H,8,13-18,20-21H2,1-3H3,(H,49,52)(H,51,65)(H,53,71)(H,54,59)(H,55,64)(H,56,66)(H,57,67)(H,58,68)(H,60,61)(H,62,63)(H,69,70)(H4,47,48,50). The van der Waals surface area contributed by atoms with Gasteiger partial charge in [-0.1, -0.05) is 62.4 Å². The summed E-state index contributed by atoms with van der Waals surface area (Å²) in [5.41, 5.74) is 15.0. The molecule has 26 heteroatoms. The number of H-pyrrole nitrogens is 1. The van der Waals surface area contributed by atoms with Crippen molar-refractivity contribution in [3.05, 3.63) is 77.9 Å². The number of nitrogens with one attached hydrogen (secondary N) is 8. The number of hydrogen-bond acceptors (Lipinski definition) is 13. The molecule has 6 unspecified atom stereocenters. The summed E-state index contributed by atoms with van der Waals surface area (Å²) >= 11 is 0. The number of guanidine groups is 1. The lowest BCUT2D eigenvalue weighted by molar-refractivity contribution is -0.144. The number of aliphatic carboxylic acids is 3. The molecule has 0 spiro atoms. The monoisotopic (exact) mass is 1000 g/mol. The number of carboxylic acid groups (broad SMARTS) is 3. The van der Waals surface area contributed by atoms with E-state index in [0.717, 1.165) is 22.3 Å². The Morgan fingerprint density at radius 3 is 1.79 bits per heavy atom. The average molecular weight is 1010 g/mol. The minimum atomic E-state index is -1.81. The summed E-state index contributed by atoms with van der Waals surface area (Å²) in [6.07, 6.45) is -0.733. The Bertz CT molecular complexity index is 2430. The smallest absolute Gasteiger partial charge is 0.407 e. The maximum absolute atomic E-state index is 13.9. The highest BCUT2D eigenvalue weighted by Gasteiger charge is 2.34. The van der Waals surface area contributed by atoms with Crippen molar-refractivity contribution in [3.63, 3.8) is 0 Å². The quantitative estimate of drug-likeness (QED) is 0.0225. The number of nitrogens with two attached hydrogens (primary N) is 2. The van der Waals surface area contributed by atoms with Gasteiger partial charge in [-0.15, -0.1) is 0 Å². The summed E-state index contributed by atoms with van der Waals surface area (Å²) in [7, 11) is 0. The van der Waals surface area contributed by atoms with Crippen molar-refractivity contribution in [1.29, 1.82) is 0 Å². The molecule has 1 heterocycles. The highest BCUT2D eigenvalue weighted by atomic mass is 16.5. The molecule has 15 N–H and O–H groups in total. The SMILES string of the molecule is CC(C)CC(NC(=O)C(CC(=O)O)NC(=O)C(Cc1cnc[nH]1)NC(=O)C(CCCN=C(N)N)NC(=O)CNC(=O)C(CC(=O)O)NC(=O)C(C)NC(=O)OCC1c2ccccc2-c2ccccc21)C(=O)O. The van der Waals surface area contributed by atoms with Crippen LogP contribution in [0.3, 0.4) is 0 Å². The summed E-state index contributed by atoms with van der Waals surface area (Å²) in [4.78, 5) is 139. The minimum Gasteiger partial charge on any atom is -0.481 e. The molecule has 0 radical (unpaired) electrons. The van der Waals surface area contributed by atoms with Gasteiger partial charge in [0, 0.05) is 30.8 Å². The van der Waals surface area contributed by atoms with Crippen LogP contribution < -0.4 is 48.7 Å². The van der Waals surface area contributed by atoms with Crippen molar-refractivity contribution in [3.8, 4) is 11.1 Å². The zero-order chi connectivity index (χ0) is 53.1. The van der Waals surface area contributed by atoms with Crippen molar-refractivity contribution in [1.82, 2.24) is 47.2 Å². The molecule has 0 saturated heterocycles. The Morgan fingerprint density at radius 2 is 1.24 bits per heavy atom. The maximum Gasteiger partial charge on any atom is 0.407 e. The molecule has 1 aliphatic rings. The number of carboxylic acids is 3. The second kappa shape index (κ2) is 27.0. The molecular weight excluding hydrogens is 945 g/mol. The van der Waals surface area contributed by atoms with E-state index in [-0.39, 0.29) is 56.6 Å². The second-order valence-electron chi connectivity index (χ2n) is 17.2. The van der Waals surface area contributed by atoms with E-state index in [4.69, 9.17) is 16.2 Å². The number of aromatic nitrogens is 2. The lowest BCUT2D eigenvalue weighted by Crippen LogP contribution is -2.59. The van der Waals surface area contributed by atoms with E-state index in [1.54, 1.807) is 13.8 Å². The van der Waals surface area contributed by atoms with Crippen molar-refractivity contribution >= 4 is 65.4 Å². The van der Waals surface area contributed by atoms with Crippen LogP contribution in [0, 0.1) is 5.92 Å². The molecule has 6 atom stereocenters. The molecule has 1 aliphatic carbocycles. The first-order valence-electron chi connectivity index (χ1n) is 22.7. The number of carbonyl (C=O) groups is 10. The average Bonchev–Trinajstić information content (AvgIpc) is 3.95. The number of hydrogen-bond donors (Lipinski definition) is 13. The molecule has 0 aliphatic heterocycles. The van der Waals surface area contributed by atoms with Crippen LogP contribution in [0.15, 0.2) is 66.0 Å². The number of ether oxygens (including phenoxy) is 1. The zero-order valence-electron chi connectivity index (χ0n) is 39.6. The third kappa shape index (κ3) is 17.4. The number of imidazole rings is 1. The molecule has 1 aromatic heterocycles. The first-order chi connectivity index (χ1) is 34.1. The number of fused-ring (bicyclic) bond motifs is 3. The van der Waals surface area contributed by atoms with Crippen LogP contribution >= 0.6 is 0 Å². The number of amides is 7. The fraction of sp³-hybridized carbons (Fsp3) is 0.435. The minimum absolute atomic E-state index is 0.0166. The second-order valence-corrected chi connectivity index (χ2v) is 17.2. The first kappa shape index (κ1) is 56.0. The van der Waals surface area contributed by atoms with Gasteiger partial charge in [-0.3, -0.25) is 43.3 Å². The molecule has 0 fully saturated rings. The van der Waals surface area contributed by atoms with Crippen LogP contribution in [0.2, 0.25) is 0 Å². The van der Waals surface area contributed by atoms with Crippen LogP contribution in [0.1, 0.15) is 75.6 Å². The molecule has 26 nitrogen and oxygen atoms in total. The number of carbonyl (C=O) groups excluding carboxylic acids is 7. The Kier molecular flexibility index (Phi) is 21.0. The third-order valence-electron chi connectivity index (χ3n) is 11.0. The van der Waals surface area contributed by atoms with E-state index in [0.29, 0.717) is 5.69 Å². The van der Waals surface area contributed by atoms with Gasteiger partial charge in [-0.2, -0.15) is 0 Å². The normalized spacial score (nSPS) is 14.0. The fourth-order valence-electron chi connectivity index (χ4n) is 7.59. The number of rotatable bonds is 28. The highest BCUT2D eigenvalue weighted by Crippen LogP contribution is 2.44. The van der Waals surface area contributed by atoms with E-state index in [2.05, 4.69) is 52.2 Å². The van der Waals surface area contributed by atoms with E-state index < -0.39 is 115 Å². The predicted molar refractivity (Wildman–Crippen MR) is 254 cm³/mol. The van der Waals surface area contributed by atoms with Crippen molar-refractivity contribution in [2.75, 3.05) is 19.7 Å². The largest absolute Gasteiger partial charge is 0.481 e. The van der Waals surface area contributed by atoms with Crippen molar-refractivity contribution in [2.45, 2.75) is 101 Å². The van der Waals surface area contributed by atoms with Gasteiger partial charge in [0.1, 0.15) is 42.9 Å². The van der Waals surface area contributed by atoms with Gasteiger partial charge in [0.25, 0.3) is 0 Å². The van der Waals surface area contributed by atoms with Gasteiger partial charge in [-0.05, 0) is 54.4 Å². The predicted octanol–water partition coefficient (Wildman–Crippen LogP) is -1.45. The summed E-state index contributed by atoms with van der Waals surface area (Å²) in [6.45, 7) is 3.72. The van der Waals surface area contributed by atoms with E-state index in [1.165, 1.54) is 19.4 Å². The molecular formula is C46H60N12O14. The van der Waals surface area contributed by atoms with E-state index in [9.17, 15) is 63.3 Å². The molecule has 4 rings (SSSR count). The summed E-state index contributed by atoms with van der Waals surface area (Å²) in [5.74, 6) is -11.5. The molecule has 2 aromatic carbocycles. The summed E-state index contributed by atoms with van der Waals surface area (Å²) in [5, 5.41) is 44.9. The lowest BCUT2D eigenvalue weighted by Gasteiger charge is -2.26. The number of nitrogens with zero attached hydrogens (tertiary/aromatic N) is 2. The van der Waals surface area contributed by atoms with Gasteiger partial charge in [0.2, 0.25) is 35.4 Å². The maximum atomic E-state index is 13.9. The molecule has 72 heavy (non-hydrogen) atoms. The highest BCUT2D eigenvalue weighted by molar-refractivity contribution is 5.98. The van der Waals surface area contributed by atoms with Crippen LogP contribution in [0.5, 0.6) is 0 Å². The van der Waals surface area contributed by atoms with Crippen LogP contribution in [-0.4, -0.2) is 147 Å². The Morgan fingerprint density at radius 1 is 0.694 bits per heavy atom. The van der Waals surface area contributed by atoms with Crippen LogP contribution in [0.25, 0.3) is 11.1 Å². The zero-order valence-corrected chi connectivity index (χ0v) is 39.6. The van der Waals surface area contributed by atoms with Gasteiger partial charge in [0.05, 0.1) is 25.7 Å². The lowest BCUT2D eigenvalue weighted by atomic mass is 9.98. The van der Waals surface area contributed by atoms with E-state index >= 15 is 0 Å². The Balaban J connectivity index is 1.40. The molecule has 388 valence electrons. The van der Waals surface area contributed by atoms with Gasteiger partial charge in [-0.25, -0.2) is 14.6 Å². The summed E-state index contributed by atoms with van der Waals surface area (Å²) in [6, 6.07) is 5.95. The van der Waals surface area contributed by atoms with Crippen LogP contribution in [-0.2, 0) is 54.3 Å². The van der Waals surface area contributed by atoms with E-state index in [1.807, 2.05) is 48.5 Å². The molecule has 7 amide bonds. The fourth-order valence-corrected chi connectivity index (χ4v) is 7.59. The van der Waals surface area contributed by atoms with Gasteiger partial charge >= 0.3 is 24.0 Å². The van der Waals surface area contributed by atoms with Crippen LogP contribution in [0.4, 0.5) is 4.79 Å². The Hall–Kier alpha value is -8.58. The summed E-state index contributed by atoms with van der Waals surface area (Å²) < 4.78 is 5.48. The number of alkyl carbamates (subject to hydrolysis) is 1. The number of benzene rings is 2. The van der Waals surface area contributed by atoms with Gasteiger partial charge in [0.15, 0.2) is 5.96 Å². The number of aliphatic imine (C=N–C) groups is 1. The Labute approximate surface area is 412 Å². The molecule has 3 aromatic rings. The third-order valence-corrected chi connectivity index (χ3v) is 11.0. The number of aromatic amines is 1. The topological polar surface area (TPSA) is 418 Å².